The molecule has 1 aromatic carbocycles. The van der Waals surface area contributed by atoms with Gasteiger partial charge in [-0.1, -0.05) is 0 Å². The molecule has 3 heteroatoms. The predicted octanol–water partition coefficient (Wildman–Crippen LogP) is 1.51. The third-order valence-electron chi connectivity index (χ3n) is 2.02. The van der Waals surface area contributed by atoms with Gasteiger partial charge in [0.2, 0.25) is 0 Å². The molecule has 78 valence electrons. The SMILES string of the molecule is CCOc1ccc(N(C)CCO)cc1. The van der Waals surface area contributed by atoms with Crippen molar-refractivity contribution in [1.82, 2.24) is 0 Å². The van der Waals surface area contributed by atoms with E-state index in [-0.39, 0.29) is 6.61 Å². The van der Waals surface area contributed by atoms with E-state index in [4.69, 9.17) is 9.84 Å². The molecule has 0 heterocycles. The van der Waals surface area contributed by atoms with Crippen LogP contribution < -0.4 is 9.64 Å². The van der Waals surface area contributed by atoms with Gasteiger partial charge in [0.1, 0.15) is 5.75 Å². The van der Waals surface area contributed by atoms with Crippen molar-refractivity contribution in [2.45, 2.75) is 6.92 Å². The lowest BCUT2D eigenvalue weighted by Gasteiger charge is -2.17. The molecule has 0 atom stereocenters. The largest absolute Gasteiger partial charge is 0.494 e. The second kappa shape index (κ2) is 5.50. The van der Waals surface area contributed by atoms with E-state index in [9.17, 15) is 0 Å². The summed E-state index contributed by atoms with van der Waals surface area (Å²) >= 11 is 0. The minimum atomic E-state index is 0.170. The van der Waals surface area contributed by atoms with Crippen LogP contribution in [-0.4, -0.2) is 31.9 Å². The Kier molecular flexibility index (Phi) is 4.26. The van der Waals surface area contributed by atoms with Crippen molar-refractivity contribution in [3.05, 3.63) is 24.3 Å². The Balaban J connectivity index is 2.62. The number of rotatable bonds is 5. The third kappa shape index (κ3) is 2.92. The number of likely N-dealkylation sites (N-methyl/N-ethyl adjacent to an activating group) is 1. The fourth-order valence-corrected chi connectivity index (χ4v) is 1.24. The smallest absolute Gasteiger partial charge is 0.119 e. The molecule has 0 unspecified atom stereocenters. The lowest BCUT2D eigenvalue weighted by molar-refractivity contribution is 0.304. The van der Waals surface area contributed by atoms with Crippen LogP contribution in [0.2, 0.25) is 0 Å². The van der Waals surface area contributed by atoms with E-state index < -0.39 is 0 Å². The molecule has 0 amide bonds. The molecule has 14 heavy (non-hydrogen) atoms. The molecule has 0 saturated carbocycles. The molecular weight excluding hydrogens is 178 g/mol. The molecule has 0 fully saturated rings. The van der Waals surface area contributed by atoms with Crippen LogP contribution in [0.25, 0.3) is 0 Å². The van der Waals surface area contributed by atoms with Crippen LogP contribution in [0.5, 0.6) is 5.75 Å². The van der Waals surface area contributed by atoms with Gasteiger partial charge >= 0.3 is 0 Å². The lowest BCUT2D eigenvalue weighted by Crippen LogP contribution is -2.20. The van der Waals surface area contributed by atoms with Gasteiger partial charge in [-0.25, -0.2) is 0 Å². The van der Waals surface area contributed by atoms with Gasteiger partial charge in [0.05, 0.1) is 13.2 Å². The number of nitrogens with zero attached hydrogens (tertiary/aromatic N) is 1. The molecule has 0 aliphatic heterocycles. The summed E-state index contributed by atoms with van der Waals surface area (Å²) < 4.78 is 5.33. The van der Waals surface area contributed by atoms with Gasteiger partial charge in [-0.05, 0) is 31.2 Å². The Labute approximate surface area is 84.9 Å². The van der Waals surface area contributed by atoms with Crippen molar-refractivity contribution >= 4 is 5.69 Å². The highest BCUT2D eigenvalue weighted by Crippen LogP contribution is 2.17. The van der Waals surface area contributed by atoms with E-state index in [2.05, 4.69) is 0 Å². The molecule has 0 aliphatic carbocycles. The Morgan fingerprint density at radius 3 is 2.43 bits per heavy atom. The normalized spacial score (nSPS) is 9.93. The third-order valence-corrected chi connectivity index (χ3v) is 2.02. The van der Waals surface area contributed by atoms with Crippen molar-refractivity contribution in [3.63, 3.8) is 0 Å². The first-order valence-corrected chi connectivity index (χ1v) is 4.82. The standard InChI is InChI=1S/C11H17NO2/c1-3-14-11-6-4-10(5-7-11)12(2)8-9-13/h4-7,13H,3,8-9H2,1-2H3. The first kappa shape index (κ1) is 10.9. The van der Waals surface area contributed by atoms with Crippen LogP contribution in [0.4, 0.5) is 5.69 Å². The summed E-state index contributed by atoms with van der Waals surface area (Å²) in [6, 6.07) is 7.85. The minimum absolute atomic E-state index is 0.170. The molecule has 3 nitrogen and oxygen atoms in total. The van der Waals surface area contributed by atoms with Gasteiger partial charge in [0.25, 0.3) is 0 Å². The quantitative estimate of drug-likeness (QED) is 0.773. The maximum atomic E-state index is 8.77. The number of benzene rings is 1. The second-order valence-corrected chi connectivity index (χ2v) is 3.07. The fourth-order valence-electron chi connectivity index (χ4n) is 1.24. The summed E-state index contributed by atoms with van der Waals surface area (Å²) in [5, 5.41) is 8.77. The van der Waals surface area contributed by atoms with Crippen LogP contribution in [0, 0.1) is 0 Å². The van der Waals surface area contributed by atoms with Crippen LogP contribution in [0.15, 0.2) is 24.3 Å². The molecule has 0 aromatic heterocycles. The summed E-state index contributed by atoms with van der Waals surface area (Å²) in [6.45, 7) is 3.47. The number of aliphatic hydroxyl groups excluding tert-OH is 1. The van der Waals surface area contributed by atoms with E-state index in [0.29, 0.717) is 13.2 Å². The van der Waals surface area contributed by atoms with Crippen molar-refractivity contribution in [2.75, 3.05) is 31.7 Å². The Hall–Kier alpha value is -1.22. The first-order chi connectivity index (χ1) is 6.77. The van der Waals surface area contributed by atoms with E-state index in [1.54, 1.807) is 0 Å². The molecular formula is C11H17NO2. The lowest BCUT2D eigenvalue weighted by atomic mass is 10.3. The number of hydrogen-bond acceptors (Lipinski definition) is 3. The van der Waals surface area contributed by atoms with Crippen LogP contribution in [-0.2, 0) is 0 Å². The summed E-state index contributed by atoms with van der Waals surface area (Å²) in [4.78, 5) is 2.00. The zero-order valence-corrected chi connectivity index (χ0v) is 8.73. The Bertz CT molecular complexity index is 258. The molecule has 1 N–H and O–H groups in total. The Morgan fingerprint density at radius 1 is 1.29 bits per heavy atom. The minimum Gasteiger partial charge on any atom is -0.494 e. The fraction of sp³-hybridized carbons (Fsp3) is 0.455. The average molecular weight is 195 g/mol. The van der Waals surface area contributed by atoms with Gasteiger partial charge in [0, 0.05) is 19.3 Å². The molecule has 0 radical (unpaired) electrons. The predicted molar refractivity (Wildman–Crippen MR) is 58.0 cm³/mol. The average Bonchev–Trinajstić information content (AvgIpc) is 2.20. The highest BCUT2D eigenvalue weighted by molar-refractivity contribution is 5.48. The van der Waals surface area contributed by atoms with Crippen molar-refractivity contribution in [3.8, 4) is 5.75 Å². The van der Waals surface area contributed by atoms with Crippen LogP contribution in [0.1, 0.15) is 6.92 Å². The maximum Gasteiger partial charge on any atom is 0.119 e. The summed E-state index contributed by atoms with van der Waals surface area (Å²) in [7, 11) is 1.95. The molecule has 0 aliphatic rings. The molecule has 1 aromatic rings. The highest BCUT2D eigenvalue weighted by Gasteiger charge is 1.99. The first-order valence-electron chi connectivity index (χ1n) is 4.82. The Morgan fingerprint density at radius 2 is 1.93 bits per heavy atom. The van der Waals surface area contributed by atoms with Crippen LogP contribution >= 0.6 is 0 Å². The van der Waals surface area contributed by atoms with Crippen molar-refractivity contribution in [2.24, 2.45) is 0 Å². The zero-order valence-electron chi connectivity index (χ0n) is 8.73. The summed E-state index contributed by atoms with van der Waals surface area (Å²) in [6.07, 6.45) is 0. The molecule has 0 bridgehead atoms. The molecule has 1 rings (SSSR count). The van der Waals surface area contributed by atoms with Crippen molar-refractivity contribution in [1.29, 1.82) is 0 Å². The topological polar surface area (TPSA) is 32.7 Å². The van der Waals surface area contributed by atoms with Gasteiger partial charge in [-0.15, -0.1) is 0 Å². The number of ether oxygens (including phenoxy) is 1. The monoisotopic (exact) mass is 195 g/mol. The van der Waals surface area contributed by atoms with Crippen molar-refractivity contribution < 1.29 is 9.84 Å². The molecule has 0 saturated heterocycles. The van der Waals surface area contributed by atoms with Gasteiger partial charge in [0.15, 0.2) is 0 Å². The van der Waals surface area contributed by atoms with E-state index >= 15 is 0 Å². The molecule has 0 spiro atoms. The van der Waals surface area contributed by atoms with Gasteiger partial charge < -0.3 is 14.7 Å². The van der Waals surface area contributed by atoms with Gasteiger partial charge in [-0.2, -0.15) is 0 Å². The highest BCUT2D eigenvalue weighted by atomic mass is 16.5. The number of hydrogen-bond donors (Lipinski definition) is 1. The van der Waals surface area contributed by atoms with E-state index in [0.717, 1.165) is 11.4 Å². The van der Waals surface area contributed by atoms with Gasteiger partial charge in [-0.3, -0.25) is 0 Å². The van der Waals surface area contributed by atoms with E-state index in [1.807, 2.05) is 43.1 Å². The van der Waals surface area contributed by atoms with Crippen LogP contribution in [0.3, 0.4) is 0 Å². The summed E-state index contributed by atoms with van der Waals surface area (Å²) in [5.74, 6) is 0.883. The number of aliphatic hydroxyl groups is 1. The number of anilines is 1. The summed E-state index contributed by atoms with van der Waals surface area (Å²) in [5.41, 5.74) is 1.09. The van der Waals surface area contributed by atoms with E-state index in [1.165, 1.54) is 0 Å². The zero-order chi connectivity index (χ0) is 10.4. The second-order valence-electron chi connectivity index (χ2n) is 3.07. The maximum absolute atomic E-state index is 8.77.